The van der Waals surface area contributed by atoms with Crippen molar-refractivity contribution in [3.63, 3.8) is 0 Å². The van der Waals surface area contributed by atoms with Crippen LogP contribution in [0.15, 0.2) is 24.3 Å². The SMILES string of the molecule is CC(=O)N[C@H](Cc1ccccc1F)C(=O)N[C@@H](C[C@H](C)C#N)C(=O)O. The van der Waals surface area contributed by atoms with E-state index in [4.69, 9.17) is 5.26 Å². The van der Waals surface area contributed by atoms with Gasteiger partial charge in [0.1, 0.15) is 17.9 Å². The van der Waals surface area contributed by atoms with E-state index in [1.54, 1.807) is 6.07 Å². The fourth-order valence-corrected chi connectivity index (χ4v) is 2.24. The van der Waals surface area contributed by atoms with Crippen LogP contribution in [-0.2, 0) is 20.8 Å². The summed E-state index contributed by atoms with van der Waals surface area (Å²) in [4.78, 5) is 35.0. The summed E-state index contributed by atoms with van der Waals surface area (Å²) >= 11 is 0. The van der Waals surface area contributed by atoms with E-state index in [2.05, 4.69) is 10.6 Å². The van der Waals surface area contributed by atoms with Crippen LogP contribution in [0.5, 0.6) is 0 Å². The van der Waals surface area contributed by atoms with Crippen LogP contribution >= 0.6 is 0 Å². The lowest BCUT2D eigenvalue weighted by Gasteiger charge is -2.21. The molecule has 7 nitrogen and oxygen atoms in total. The number of carboxylic acids is 1. The Morgan fingerprint density at radius 3 is 2.40 bits per heavy atom. The molecule has 0 aliphatic carbocycles. The molecule has 3 atom stereocenters. The second kappa shape index (κ2) is 9.37. The molecule has 1 aromatic carbocycles. The molecule has 0 aliphatic heterocycles. The molecule has 0 fully saturated rings. The van der Waals surface area contributed by atoms with E-state index in [1.165, 1.54) is 32.0 Å². The number of carbonyl (C=O) groups excluding carboxylic acids is 2. The lowest BCUT2D eigenvalue weighted by atomic mass is 10.0. The molecular weight excluding hydrogens is 329 g/mol. The molecule has 0 heterocycles. The van der Waals surface area contributed by atoms with Crippen molar-refractivity contribution in [1.29, 1.82) is 5.26 Å². The highest BCUT2D eigenvalue weighted by Gasteiger charge is 2.27. The van der Waals surface area contributed by atoms with Crippen LogP contribution in [0.4, 0.5) is 4.39 Å². The maximum atomic E-state index is 13.8. The van der Waals surface area contributed by atoms with E-state index in [9.17, 15) is 23.9 Å². The zero-order valence-electron chi connectivity index (χ0n) is 14.0. The number of hydrogen-bond donors (Lipinski definition) is 3. The van der Waals surface area contributed by atoms with Gasteiger partial charge in [0.25, 0.3) is 0 Å². The lowest BCUT2D eigenvalue weighted by Crippen LogP contribution is -2.52. The van der Waals surface area contributed by atoms with Crippen LogP contribution in [0.2, 0.25) is 0 Å². The molecule has 1 aromatic rings. The zero-order valence-corrected chi connectivity index (χ0v) is 14.0. The summed E-state index contributed by atoms with van der Waals surface area (Å²) < 4.78 is 13.8. The second-order valence-electron chi connectivity index (χ2n) is 5.71. The van der Waals surface area contributed by atoms with Gasteiger partial charge in [-0.25, -0.2) is 9.18 Å². The van der Waals surface area contributed by atoms with Gasteiger partial charge in [0.05, 0.1) is 6.07 Å². The molecule has 8 heteroatoms. The topological polar surface area (TPSA) is 119 Å². The monoisotopic (exact) mass is 349 g/mol. The molecule has 0 bridgehead atoms. The van der Waals surface area contributed by atoms with Crippen molar-refractivity contribution in [2.75, 3.05) is 0 Å². The van der Waals surface area contributed by atoms with Crippen LogP contribution in [0.25, 0.3) is 0 Å². The molecule has 0 spiro atoms. The summed E-state index contributed by atoms with van der Waals surface area (Å²) in [6, 6.07) is 5.28. The number of carbonyl (C=O) groups is 3. The average molecular weight is 349 g/mol. The highest BCUT2D eigenvalue weighted by Crippen LogP contribution is 2.11. The fraction of sp³-hybridized carbons (Fsp3) is 0.412. The van der Waals surface area contributed by atoms with Crippen molar-refractivity contribution < 1.29 is 23.9 Å². The van der Waals surface area contributed by atoms with Gasteiger partial charge in [-0.15, -0.1) is 0 Å². The third-order valence-corrected chi connectivity index (χ3v) is 3.50. The van der Waals surface area contributed by atoms with Crippen LogP contribution in [0.1, 0.15) is 25.8 Å². The average Bonchev–Trinajstić information content (AvgIpc) is 2.54. The molecule has 3 N–H and O–H groups in total. The first-order valence-electron chi connectivity index (χ1n) is 7.67. The molecule has 0 aromatic heterocycles. The first-order chi connectivity index (χ1) is 11.7. The maximum absolute atomic E-state index is 13.8. The number of aliphatic carboxylic acids is 1. The fourth-order valence-electron chi connectivity index (χ4n) is 2.24. The number of carboxylic acid groups (broad SMARTS) is 1. The Morgan fingerprint density at radius 2 is 1.88 bits per heavy atom. The first-order valence-corrected chi connectivity index (χ1v) is 7.67. The van der Waals surface area contributed by atoms with Crippen molar-refractivity contribution in [2.24, 2.45) is 5.92 Å². The van der Waals surface area contributed by atoms with Gasteiger partial charge in [0.15, 0.2) is 0 Å². The summed E-state index contributed by atoms with van der Waals surface area (Å²) in [5, 5.41) is 22.7. The standard InChI is InChI=1S/C17H20FN3O4/c1-10(9-19)7-15(17(24)25)21-16(23)14(20-11(2)22)8-12-5-3-4-6-13(12)18/h3-6,10,14-15H,7-8H2,1-2H3,(H,20,22)(H,21,23)(H,24,25)/t10-,14+,15-/m0/s1. The van der Waals surface area contributed by atoms with Gasteiger partial charge in [0.2, 0.25) is 11.8 Å². The van der Waals surface area contributed by atoms with E-state index >= 15 is 0 Å². The quantitative estimate of drug-likeness (QED) is 0.647. The molecule has 0 unspecified atom stereocenters. The highest BCUT2D eigenvalue weighted by molar-refractivity contribution is 5.90. The van der Waals surface area contributed by atoms with Crippen molar-refractivity contribution in [2.45, 2.75) is 38.8 Å². The van der Waals surface area contributed by atoms with Gasteiger partial charge < -0.3 is 15.7 Å². The number of nitrogens with one attached hydrogen (secondary N) is 2. The van der Waals surface area contributed by atoms with E-state index in [1.807, 2.05) is 6.07 Å². The third kappa shape index (κ3) is 6.59. The van der Waals surface area contributed by atoms with E-state index in [-0.39, 0.29) is 18.4 Å². The summed E-state index contributed by atoms with van der Waals surface area (Å²) in [6.07, 6.45) is -0.206. The Kier molecular flexibility index (Phi) is 7.53. The highest BCUT2D eigenvalue weighted by atomic mass is 19.1. The third-order valence-electron chi connectivity index (χ3n) is 3.50. The smallest absolute Gasteiger partial charge is 0.326 e. The lowest BCUT2D eigenvalue weighted by molar-refractivity contribution is -0.142. The van der Waals surface area contributed by atoms with E-state index < -0.39 is 41.6 Å². The Balaban J connectivity index is 2.92. The van der Waals surface area contributed by atoms with E-state index in [0.717, 1.165) is 0 Å². The summed E-state index contributed by atoms with van der Waals surface area (Å²) in [7, 11) is 0. The number of hydrogen-bond acceptors (Lipinski definition) is 4. The second-order valence-corrected chi connectivity index (χ2v) is 5.71. The van der Waals surface area contributed by atoms with Crippen molar-refractivity contribution in [3.05, 3.63) is 35.6 Å². The minimum absolute atomic E-state index is 0.0793. The number of rotatable bonds is 8. The van der Waals surface area contributed by atoms with Gasteiger partial charge in [0, 0.05) is 19.3 Å². The van der Waals surface area contributed by atoms with Crippen LogP contribution in [-0.4, -0.2) is 35.0 Å². The molecule has 25 heavy (non-hydrogen) atoms. The Hall–Kier alpha value is -2.95. The molecule has 134 valence electrons. The minimum atomic E-state index is -1.29. The first kappa shape index (κ1) is 20.1. The normalized spacial score (nSPS) is 13.8. The Morgan fingerprint density at radius 1 is 1.24 bits per heavy atom. The predicted octanol–water partition coefficient (Wildman–Crippen LogP) is 0.992. The minimum Gasteiger partial charge on any atom is -0.480 e. The van der Waals surface area contributed by atoms with Crippen molar-refractivity contribution in [1.82, 2.24) is 10.6 Å². The summed E-state index contributed by atoms with van der Waals surface area (Å²) in [5.41, 5.74) is 0.216. The van der Waals surface area contributed by atoms with Gasteiger partial charge in [-0.2, -0.15) is 5.26 Å². The summed E-state index contributed by atoms with van der Waals surface area (Å²) in [6.45, 7) is 2.74. The largest absolute Gasteiger partial charge is 0.480 e. The molecule has 0 aliphatic rings. The molecule has 0 radical (unpaired) electrons. The summed E-state index contributed by atoms with van der Waals surface area (Å²) in [5.74, 6) is -3.65. The maximum Gasteiger partial charge on any atom is 0.326 e. The molecule has 1 rings (SSSR count). The molecule has 2 amide bonds. The molecule has 0 saturated heterocycles. The predicted molar refractivity (Wildman–Crippen MR) is 86.7 cm³/mol. The zero-order chi connectivity index (χ0) is 19.0. The van der Waals surface area contributed by atoms with Crippen LogP contribution in [0.3, 0.4) is 0 Å². The van der Waals surface area contributed by atoms with Gasteiger partial charge in [-0.1, -0.05) is 18.2 Å². The number of amides is 2. The van der Waals surface area contributed by atoms with Gasteiger partial charge >= 0.3 is 5.97 Å². The number of halogens is 1. The Bertz CT molecular complexity index is 687. The van der Waals surface area contributed by atoms with Gasteiger partial charge in [-0.05, 0) is 25.0 Å². The number of nitrogens with zero attached hydrogens (tertiary/aromatic N) is 1. The van der Waals surface area contributed by atoms with Crippen molar-refractivity contribution in [3.8, 4) is 6.07 Å². The molecular formula is C17H20FN3O4. The molecule has 0 saturated carbocycles. The van der Waals surface area contributed by atoms with Gasteiger partial charge in [-0.3, -0.25) is 9.59 Å². The van der Waals surface area contributed by atoms with Crippen LogP contribution in [0, 0.1) is 23.1 Å². The Labute approximate surface area is 144 Å². The van der Waals surface area contributed by atoms with Crippen molar-refractivity contribution >= 4 is 17.8 Å². The van der Waals surface area contributed by atoms with Crippen LogP contribution < -0.4 is 10.6 Å². The number of benzene rings is 1. The number of nitriles is 1. The van der Waals surface area contributed by atoms with E-state index in [0.29, 0.717) is 0 Å².